The van der Waals surface area contributed by atoms with E-state index in [2.05, 4.69) is 15.2 Å². The predicted molar refractivity (Wildman–Crippen MR) is 94.1 cm³/mol. The molecule has 0 aliphatic carbocycles. The Kier molecular flexibility index (Phi) is 5.31. The van der Waals surface area contributed by atoms with Gasteiger partial charge in [0.05, 0.1) is 17.6 Å². The number of alkyl halides is 3. The fraction of sp³-hybridized carbons (Fsp3) is 0.444. The Balaban J connectivity index is 1.79. The van der Waals surface area contributed by atoms with Crippen LogP contribution in [0.15, 0.2) is 30.5 Å². The van der Waals surface area contributed by atoms with Crippen LogP contribution in [0.5, 0.6) is 0 Å². The maximum Gasteiger partial charge on any atom is 0.418 e. The monoisotopic (exact) mass is 366 g/mol. The summed E-state index contributed by atoms with van der Waals surface area (Å²) in [5.74, 6) is -0.00914. The lowest BCUT2D eigenvalue weighted by Crippen LogP contribution is -2.49. The van der Waals surface area contributed by atoms with Crippen molar-refractivity contribution in [3.63, 3.8) is 0 Å². The summed E-state index contributed by atoms with van der Waals surface area (Å²) in [4.78, 5) is 19.8. The van der Waals surface area contributed by atoms with Gasteiger partial charge in [-0.2, -0.15) is 13.2 Å². The third-order valence-electron chi connectivity index (χ3n) is 4.51. The molecule has 5 nitrogen and oxygen atoms in total. The lowest BCUT2D eigenvalue weighted by atomic mass is 10.1. The molecule has 1 N–H and O–H groups in total. The number of nitrogens with one attached hydrogen (secondary N) is 1. The van der Waals surface area contributed by atoms with Crippen molar-refractivity contribution < 1.29 is 18.0 Å². The van der Waals surface area contributed by atoms with Gasteiger partial charge in [0.15, 0.2) is 0 Å². The number of anilines is 1. The molecular weight excluding hydrogens is 345 g/mol. The summed E-state index contributed by atoms with van der Waals surface area (Å²) in [5.41, 5.74) is 0.00716. The maximum absolute atomic E-state index is 13.2. The van der Waals surface area contributed by atoms with Gasteiger partial charge in [0.1, 0.15) is 0 Å². The summed E-state index contributed by atoms with van der Waals surface area (Å²) in [7, 11) is 0. The molecule has 0 saturated carbocycles. The molecule has 1 aromatic heterocycles. The number of aromatic nitrogens is 1. The van der Waals surface area contributed by atoms with Crippen molar-refractivity contribution in [3.8, 4) is 0 Å². The Morgan fingerprint density at radius 1 is 1.19 bits per heavy atom. The van der Waals surface area contributed by atoms with Crippen molar-refractivity contribution in [2.75, 3.05) is 44.2 Å². The van der Waals surface area contributed by atoms with Gasteiger partial charge in [0.2, 0.25) is 5.91 Å². The third kappa shape index (κ3) is 3.90. The molecule has 0 atom stereocenters. The van der Waals surface area contributed by atoms with Gasteiger partial charge in [-0.15, -0.1) is 0 Å². The van der Waals surface area contributed by atoms with Crippen LogP contribution in [0, 0.1) is 0 Å². The standard InChI is InChI=1S/C18H21F3N4O/c1-2-22-16(26)12-24-8-10-25(11-9-24)15-6-7-23-17-13(15)4-3-5-14(17)18(19,20)21/h3-7H,2,8-12H2,1H3,(H,22,26). The van der Waals surface area contributed by atoms with Gasteiger partial charge < -0.3 is 10.2 Å². The highest BCUT2D eigenvalue weighted by Crippen LogP contribution is 2.36. The zero-order chi connectivity index (χ0) is 18.7. The first-order valence-electron chi connectivity index (χ1n) is 8.59. The minimum absolute atomic E-state index is 0.00914. The molecule has 1 fully saturated rings. The van der Waals surface area contributed by atoms with E-state index >= 15 is 0 Å². The zero-order valence-electron chi connectivity index (χ0n) is 14.5. The molecular formula is C18H21F3N4O. The number of para-hydroxylation sites is 1. The van der Waals surface area contributed by atoms with E-state index in [4.69, 9.17) is 0 Å². The van der Waals surface area contributed by atoms with Crippen LogP contribution in [0.1, 0.15) is 12.5 Å². The van der Waals surface area contributed by atoms with Crippen LogP contribution in [-0.4, -0.2) is 55.1 Å². The molecule has 1 aliphatic heterocycles. The topological polar surface area (TPSA) is 48.5 Å². The second-order valence-electron chi connectivity index (χ2n) is 6.25. The maximum atomic E-state index is 13.2. The minimum atomic E-state index is -4.43. The van der Waals surface area contributed by atoms with Gasteiger partial charge in [-0.25, -0.2) is 0 Å². The van der Waals surface area contributed by atoms with E-state index in [0.29, 0.717) is 44.7 Å². The molecule has 2 heterocycles. The van der Waals surface area contributed by atoms with Gasteiger partial charge in [-0.1, -0.05) is 12.1 Å². The van der Waals surface area contributed by atoms with Crippen LogP contribution in [0.2, 0.25) is 0 Å². The fourth-order valence-electron chi connectivity index (χ4n) is 3.27. The molecule has 140 valence electrons. The molecule has 0 radical (unpaired) electrons. The highest BCUT2D eigenvalue weighted by molar-refractivity contribution is 5.93. The van der Waals surface area contributed by atoms with E-state index in [1.54, 1.807) is 12.1 Å². The smallest absolute Gasteiger partial charge is 0.368 e. The first-order valence-corrected chi connectivity index (χ1v) is 8.59. The van der Waals surface area contributed by atoms with Crippen LogP contribution in [0.4, 0.5) is 18.9 Å². The largest absolute Gasteiger partial charge is 0.418 e. The van der Waals surface area contributed by atoms with Crippen LogP contribution in [-0.2, 0) is 11.0 Å². The van der Waals surface area contributed by atoms with E-state index in [-0.39, 0.29) is 11.4 Å². The molecule has 8 heteroatoms. The van der Waals surface area contributed by atoms with Gasteiger partial charge >= 0.3 is 6.18 Å². The van der Waals surface area contributed by atoms with Gasteiger partial charge in [-0.05, 0) is 19.1 Å². The van der Waals surface area contributed by atoms with Crippen molar-refractivity contribution in [2.24, 2.45) is 0 Å². The summed E-state index contributed by atoms with van der Waals surface area (Å²) < 4.78 is 39.7. The fourth-order valence-corrected chi connectivity index (χ4v) is 3.27. The number of hydrogen-bond donors (Lipinski definition) is 1. The second kappa shape index (κ2) is 7.49. The van der Waals surface area contributed by atoms with Crippen molar-refractivity contribution in [2.45, 2.75) is 13.1 Å². The average Bonchev–Trinajstić information content (AvgIpc) is 2.61. The van der Waals surface area contributed by atoms with E-state index in [1.807, 2.05) is 11.8 Å². The number of halogens is 3. The lowest BCUT2D eigenvalue weighted by Gasteiger charge is -2.36. The number of pyridine rings is 1. The summed E-state index contributed by atoms with van der Waals surface area (Å²) in [6, 6.07) is 5.90. The van der Waals surface area contributed by atoms with Crippen molar-refractivity contribution in [1.82, 2.24) is 15.2 Å². The molecule has 1 aromatic carbocycles. The average molecular weight is 366 g/mol. The number of carbonyl (C=O) groups is 1. The lowest BCUT2D eigenvalue weighted by molar-refractivity contribution is -0.136. The summed E-state index contributed by atoms with van der Waals surface area (Å²) in [6.45, 7) is 5.48. The minimum Gasteiger partial charge on any atom is -0.368 e. The molecule has 1 amide bonds. The number of likely N-dealkylation sites (N-methyl/N-ethyl adjacent to an activating group) is 1. The SMILES string of the molecule is CCNC(=O)CN1CCN(c2ccnc3c(C(F)(F)F)cccc23)CC1. The van der Waals surface area contributed by atoms with Gasteiger partial charge in [-0.3, -0.25) is 14.7 Å². The van der Waals surface area contributed by atoms with E-state index < -0.39 is 11.7 Å². The molecule has 0 spiro atoms. The Hall–Kier alpha value is -2.35. The van der Waals surface area contributed by atoms with Gasteiger partial charge in [0.25, 0.3) is 0 Å². The van der Waals surface area contributed by atoms with E-state index in [0.717, 1.165) is 11.8 Å². The van der Waals surface area contributed by atoms with E-state index in [9.17, 15) is 18.0 Å². The highest BCUT2D eigenvalue weighted by Gasteiger charge is 2.33. The van der Waals surface area contributed by atoms with Crippen LogP contribution in [0.25, 0.3) is 10.9 Å². The van der Waals surface area contributed by atoms with E-state index in [1.165, 1.54) is 12.3 Å². The predicted octanol–water partition coefficient (Wildman–Crippen LogP) is 2.51. The quantitative estimate of drug-likeness (QED) is 0.903. The van der Waals surface area contributed by atoms with Gasteiger partial charge in [0, 0.05) is 50.0 Å². The zero-order valence-corrected chi connectivity index (χ0v) is 14.5. The number of fused-ring (bicyclic) bond motifs is 1. The molecule has 3 rings (SSSR count). The summed E-state index contributed by atoms with van der Waals surface area (Å²) in [6.07, 6.45) is -3.01. The Labute approximate surface area is 149 Å². The first-order chi connectivity index (χ1) is 12.4. The molecule has 1 saturated heterocycles. The number of nitrogens with zero attached hydrogens (tertiary/aromatic N) is 3. The second-order valence-corrected chi connectivity index (χ2v) is 6.25. The summed E-state index contributed by atoms with van der Waals surface area (Å²) >= 11 is 0. The normalized spacial score (nSPS) is 16.1. The molecule has 26 heavy (non-hydrogen) atoms. The Bertz CT molecular complexity index is 786. The number of hydrogen-bond acceptors (Lipinski definition) is 4. The van der Waals surface area contributed by atoms with Crippen molar-refractivity contribution in [1.29, 1.82) is 0 Å². The van der Waals surface area contributed by atoms with Crippen LogP contribution >= 0.6 is 0 Å². The molecule has 0 bridgehead atoms. The summed E-state index contributed by atoms with van der Waals surface area (Å²) in [5, 5.41) is 3.27. The molecule has 0 unspecified atom stereocenters. The molecule has 2 aromatic rings. The molecule has 1 aliphatic rings. The first kappa shape index (κ1) is 18.4. The number of piperazine rings is 1. The number of benzene rings is 1. The van der Waals surface area contributed by atoms with Crippen LogP contribution in [0.3, 0.4) is 0 Å². The number of rotatable bonds is 4. The third-order valence-corrected chi connectivity index (χ3v) is 4.51. The number of amides is 1. The number of carbonyl (C=O) groups excluding carboxylic acids is 1. The van der Waals surface area contributed by atoms with Crippen molar-refractivity contribution >= 4 is 22.5 Å². The Morgan fingerprint density at radius 3 is 2.58 bits per heavy atom. The Morgan fingerprint density at radius 2 is 1.92 bits per heavy atom. The van der Waals surface area contributed by atoms with Crippen molar-refractivity contribution in [3.05, 3.63) is 36.0 Å². The van der Waals surface area contributed by atoms with Crippen LogP contribution < -0.4 is 10.2 Å². The highest BCUT2D eigenvalue weighted by atomic mass is 19.4.